The summed E-state index contributed by atoms with van der Waals surface area (Å²) in [5, 5.41) is 16.0. The van der Waals surface area contributed by atoms with Gasteiger partial charge in [0.25, 0.3) is 5.56 Å². The number of aryl methyl sites for hydroxylation is 1. The van der Waals surface area contributed by atoms with Crippen molar-refractivity contribution in [2.24, 2.45) is 14.1 Å². The average molecular weight is 335 g/mol. The Kier molecular flexibility index (Phi) is 4.05. The zero-order valence-corrected chi connectivity index (χ0v) is 13.6. The summed E-state index contributed by atoms with van der Waals surface area (Å²) in [7, 11) is 3.04. The normalized spacial score (nSPS) is 11.3. The SMILES string of the molecule is Cn1c(=O)c2c(nc(NCCO)n2Cc2ccsc2)n(C)c1=O. The second-order valence-electron chi connectivity index (χ2n) is 5.18. The third kappa shape index (κ3) is 2.57. The number of rotatable bonds is 5. The third-order valence-electron chi connectivity index (χ3n) is 3.66. The van der Waals surface area contributed by atoms with Crippen LogP contribution in [0.5, 0.6) is 0 Å². The standard InChI is InChI=1S/C14H17N5O3S/c1-17-11-10(12(21)18(2)14(17)22)19(7-9-3-6-23-8-9)13(16-11)15-4-5-20/h3,6,8,20H,4-5,7H2,1-2H3,(H,15,16). The Bertz CT molecular complexity index is 952. The molecule has 0 saturated carbocycles. The van der Waals surface area contributed by atoms with E-state index in [-0.39, 0.29) is 12.2 Å². The van der Waals surface area contributed by atoms with Crippen molar-refractivity contribution >= 4 is 28.4 Å². The molecule has 122 valence electrons. The molecule has 2 N–H and O–H groups in total. The molecule has 0 bridgehead atoms. The van der Waals surface area contributed by atoms with Crippen molar-refractivity contribution in [3.63, 3.8) is 0 Å². The largest absolute Gasteiger partial charge is 0.395 e. The van der Waals surface area contributed by atoms with E-state index in [0.717, 1.165) is 10.1 Å². The van der Waals surface area contributed by atoms with Crippen LogP contribution in [-0.4, -0.2) is 36.9 Å². The summed E-state index contributed by atoms with van der Waals surface area (Å²) >= 11 is 1.57. The number of hydrogen-bond acceptors (Lipinski definition) is 6. The highest BCUT2D eigenvalue weighted by Crippen LogP contribution is 2.18. The van der Waals surface area contributed by atoms with Crippen LogP contribution in [0, 0.1) is 0 Å². The summed E-state index contributed by atoms with van der Waals surface area (Å²) in [6, 6.07) is 1.97. The molecule has 0 aromatic carbocycles. The number of fused-ring (bicyclic) bond motifs is 1. The van der Waals surface area contributed by atoms with Gasteiger partial charge in [-0.3, -0.25) is 18.5 Å². The van der Waals surface area contributed by atoms with Crippen molar-refractivity contribution in [1.29, 1.82) is 0 Å². The van der Waals surface area contributed by atoms with Gasteiger partial charge in [-0.15, -0.1) is 0 Å². The Morgan fingerprint density at radius 2 is 2.09 bits per heavy atom. The molecule has 0 atom stereocenters. The van der Waals surface area contributed by atoms with Crippen LogP contribution in [0.2, 0.25) is 0 Å². The van der Waals surface area contributed by atoms with Crippen LogP contribution >= 0.6 is 11.3 Å². The number of nitrogens with zero attached hydrogens (tertiary/aromatic N) is 4. The predicted octanol–water partition coefficient (Wildman–Crippen LogP) is -0.0523. The van der Waals surface area contributed by atoms with Gasteiger partial charge in [-0.25, -0.2) is 4.79 Å². The van der Waals surface area contributed by atoms with E-state index < -0.39 is 5.69 Å². The molecule has 0 aliphatic heterocycles. The molecule has 3 rings (SSSR count). The topological polar surface area (TPSA) is 94.1 Å². The Labute approximate surface area is 135 Å². The molecule has 0 radical (unpaired) electrons. The molecule has 3 aromatic rings. The number of aliphatic hydroxyl groups excluding tert-OH is 1. The van der Waals surface area contributed by atoms with Crippen LogP contribution in [0.15, 0.2) is 26.4 Å². The zero-order chi connectivity index (χ0) is 16.6. The van der Waals surface area contributed by atoms with Gasteiger partial charge in [0.05, 0.1) is 13.2 Å². The molecule has 0 aliphatic rings. The highest BCUT2D eigenvalue weighted by Gasteiger charge is 2.19. The molecule has 3 aromatic heterocycles. The van der Waals surface area contributed by atoms with E-state index >= 15 is 0 Å². The highest BCUT2D eigenvalue weighted by atomic mass is 32.1. The molecule has 0 unspecified atom stereocenters. The van der Waals surface area contributed by atoms with Crippen molar-refractivity contribution in [3.8, 4) is 0 Å². The smallest absolute Gasteiger partial charge is 0.332 e. The lowest BCUT2D eigenvalue weighted by molar-refractivity contribution is 0.310. The number of aromatic nitrogens is 4. The zero-order valence-electron chi connectivity index (χ0n) is 12.8. The van der Waals surface area contributed by atoms with E-state index in [4.69, 9.17) is 5.11 Å². The summed E-state index contributed by atoms with van der Waals surface area (Å²) in [6.07, 6.45) is 0. The van der Waals surface area contributed by atoms with Crippen LogP contribution in [0.1, 0.15) is 5.56 Å². The van der Waals surface area contributed by atoms with Crippen molar-refractivity contribution in [1.82, 2.24) is 18.7 Å². The van der Waals surface area contributed by atoms with Crippen LogP contribution in [-0.2, 0) is 20.6 Å². The minimum atomic E-state index is -0.420. The Hall–Kier alpha value is -2.39. The molecule has 0 aliphatic carbocycles. The van der Waals surface area contributed by atoms with E-state index in [0.29, 0.717) is 30.2 Å². The average Bonchev–Trinajstić information content (AvgIpc) is 3.17. The Balaban J connectivity index is 2.28. The van der Waals surface area contributed by atoms with Crippen molar-refractivity contribution in [2.75, 3.05) is 18.5 Å². The number of imidazole rings is 1. The van der Waals surface area contributed by atoms with Crippen LogP contribution in [0.4, 0.5) is 5.95 Å². The van der Waals surface area contributed by atoms with Crippen molar-refractivity contribution in [2.45, 2.75) is 6.54 Å². The Morgan fingerprint density at radius 3 is 2.74 bits per heavy atom. The molecule has 0 spiro atoms. The van der Waals surface area contributed by atoms with Crippen LogP contribution in [0.3, 0.4) is 0 Å². The van der Waals surface area contributed by atoms with Crippen LogP contribution < -0.4 is 16.6 Å². The van der Waals surface area contributed by atoms with Gasteiger partial charge in [0.15, 0.2) is 11.2 Å². The molecule has 8 nitrogen and oxygen atoms in total. The monoisotopic (exact) mass is 335 g/mol. The first-order chi connectivity index (χ1) is 11.0. The van der Waals surface area contributed by atoms with Gasteiger partial charge in [-0.1, -0.05) is 0 Å². The maximum absolute atomic E-state index is 12.6. The summed E-state index contributed by atoms with van der Waals surface area (Å²) < 4.78 is 4.17. The minimum Gasteiger partial charge on any atom is -0.395 e. The summed E-state index contributed by atoms with van der Waals surface area (Å²) in [5.41, 5.74) is 0.923. The number of thiophene rings is 1. The quantitative estimate of drug-likeness (QED) is 0.682. The second kappa shape index (κ2) is 6.01. The first kappa shape index (κ1) is 15.5. The fraction of sp³-hybridized carbons (Fsp3) is 0.357. The number of hydrogen-bond donors (Lipinski definition) is 2. The molecule has 9 heteroatoms. The van der Waals surface area contributed by atoms with Gasteiger partial charge >= 0.3 is 5.69 Å². The lowest BCUT2D eigenvalue weighted by Crippen LogP contribution is -2.37. The Morgan fingerprint density at radius 1 is 1.30 bits per heavy atom. The van der Waals surface area contributed by atoms with E-state index in [9.17, 15) is 9.59 Å². The fourth-order valence-electron chi connectivity index (χ4n) is 2.47. The predicted molar refractivity (Wildman–Crippen MR) is 89.2 cm³/mol. The maximum Gasteiger partial charge on any atom is 0.332 e. The second-order valence-corrected chi connectivity index (χ2v) is 5.96. The number of anilines is 1. The molecule has 0 fully saturated rings. The molecular weight excluding hydrogens is 318 g/mol. The summed E-state index contributed by atoms with van der Waals surface area (Å²) in [6.45, 7) is 0.709. The summed E-state index contributed by atoms with van der Waals surface area (Å²) in [4.78, 5) is 29.0. The number of aliphatic hydroxyl groups is 1. The molecule has 3 heterocycles. The lowest BCUT2D eigenvalue weighted by Gasteiger charge is -2.09. The van der Waals surface area contributed by atoms with Crippen molar-refractivity contribution < 1.29 is 5.11 Å². The van der Waals surface area contributed by atoms with Crippen molar-refractivity contribution in [3.05, 3.63) is 43.2 Å². The van der Waals surface area contributed by atoms with Gasteiger partial charge in [0.1, 0.15) is 0 Å². The maximum atomic E-state index is 12.6. The fourth-order valence-corrected chi connectivity index (χ4v) is 3.13. The molecule has 0 amide bonds. The van der Waals surface area contributed by atoms with E-state index in [2.05, 4.69) is 10.3 Å². The van der Waals surface area contributed by atoms with Gasteiger partial charge in [-0.05, 0) is 22.4 Å². The molecule has 0 saturated heterocycles. The molecule has 23 heavy (non-hydrogen) atoms. The van der Waals surface area contributed by atoms with E-state index in [1.165, 1.54) is 11.6 Å². The van der Waals surface area contributed by atoms with Gasteiger partial charge in [0.2, 0.25) is 5.95 Å². The minimum absolute atomic E-state index is 0.0569. The first-order valence-corrected chi connectivity index (χ1v) is 8.01. The lowest BCUT2D eigenvalue weighted by atomic mass is 10.3. The van der Waals surface area contributed by atoms with Gasteiger partial charge in [-0.2, -0.15) is 16.3 Å². The summed E-state index contributed by atoms with van der Waals surface area (Å²) in [5.74, 6) is 0.457. The highest BCUT2D eigenvalue weighted by molar-refractivity contribution is 7.07. The van der Waals surface area contributed by atoms with Crippen LogP contribution in [0.25, 0.3) is 11.2 Å². The molecular formula is C14H17N5O3S. The van der Waals surface area contributed by atoms with Gasteiger partial charge in [0, 0.05) is 20.6 Å². The third-order valence-corrected chi connectivity index (χ3v) is 4.40. The number of nitrogens with one attached hydrogen (secondary N) is 1. The van der Waals surface area contributed by atoms with E-state index in [1.807, 2.05) is 16.8 Å². The first-order valence-electron chi connectivity index (χ1n) is 7.06. The van der Waals surface area contributed by atoms with Gasteiger partial charge < -0.3 is 10.4 Å². The van der Waals surface area contributed by atoms with E-state index in [1.54, 1.807) is 23.0 Å².